The monoisotopic (exact) mass is 344 g/mol. The van der Waals surface area contributed by atoms with Crippen molar-refractivity contribution in [2.45, 2.75) is 57.2 Å². The number of benzene rings is 1. The van der Waals surface area contributed by atoms with E-state index in [0.717, 1.165) is 45.2 Å². The lowest BCUT2D eigenvalue weighted by molar-refractivity contribution is -0.0620. The predicted molar refractivity (Wildman–Crippen MR) is 101 cm³/mol. The highest BCUT2D eigenvalue weighted by Crippen LogP contribution is 2.30. The van der Waals surface area contributed by atoms with Gasteiger partial charge in [0.25, 0.3) is 0 Å². The van der Waals surface area contributed by atoms with Crippen LogP contribution in [0.3, 0.4) is 0 Å². The van der Waals surface area contributed by atoms with E-state index < -0.39 is 0 Å². The van der Waals surface area contributed by atoms with Crippen molar-refractivity contribution in [1.29, 1.82) is 0 Å². The number of ether oxygens (including phenoxy) is 2. The van der Waals surface area contributed by atoms with Crippen LogP contribution in [0.4, 0.5) is 5.69 Å². The fourth-order valence-electron chi connectivity index (χ4n) is 4.05. The van der Waals surface area contributed by atoms with Gasteiger partial charge in [0.05, 0.1) is 18.8 Å². The van der Waals surface area contributed by atoms with E-state index in [1.807, 2.05) is 0 Å². The average molecular weight is 344 g/mol. The summed E-state index contributed by atoms with van der Waals surface area (Å²) in [5.74, 6) is 0.834. The summed E-state index contributed by atoms with van der Waals surface area (Å²) in [6.45, 7) is 7.02. The quantitative estimate of drug-likeness (QED) is 0.860. The zero-order valence-corrected chi connectivity index (χ0v) is 15.5. The summed E-state index contributed by atoms with van der Waals surface area (Å²) < 4.78 is 11.9. The first-order valence-electron chi connectivity index (χ1n) is 10.0. The Labute approximate surface area is 151 Å². The van der Waals surface area contributed by atoms with Gasteiger partial charge in [-0.05, 0) is 62.6 Å². The van der Waals surface area contributed by atoms with E-state index in [1.165, 1.54) is 36.9 Å². The summed E-state index contributed by atoms with van der Waals surface area (Å²) in [6.07, 6.45) is 6.48. The first kappa shape index (κ1) is 17.3. The Morgan fingerprint density at radius 3 is 2.76 bits per heavy atom. The molecule has 0 aromatic heterocycles. The molecule has 0 unspecified atom stereocenters. The summed E-state index contributed by atoms with van der Waals surface area (Å²) in [5.41, 5.74) is 2.71. The third-order valence-corrected chi connectivity index (χ3v) is 5.85. The molecule has 2 heterocycles. The smallest absolute Gasteiger partial charge is 0.0772 e. The molecule has 2 saturated heterocycles. The molecule has 0 bridgehead atoms. The fraction of sp³-hybridized carbons (Fsp3) is 0.714. The van der Waals surface area contributed by atoms with Gasteiger partial charge in [0, 0.05) is 38.0 Å². The van der Waals surface area contributed by atoms with Gasteiger partial charge in [-0.1, -0.05) is 12.1 Å². The third-order valence-electron chi connectivity index (χ3n) is 5.85. The maximum Gasteiger partial charge on any atom is 0.0772 e. The molecule has 138 valence electrons. The van der Waals surface area contributed by atoms with Gasteiger partial charge < -0.3 is 19.7 Å². The Bertz CT molecular complexity index is 553. The van der Waals surface area contributed by atoms with Gasteiger partial charge >= 0.3 is 0 Å². The summed E-state index contributed by atoms with van der Waals surface area (Å²) >= 11 is 0. The minimum absolute atomic E-state index is 0.337. The zero-order valence-electron chi connectivity index (χ0n) is 15.5. The van der Waals surface area contributed by atoms with Crippen molar-refractivity contribution in [3.05, 3.63) is 29.8 Å². The van der Waals surface area contributed by atoms with Gasteiger partial charge in [-0.2, -0.15) is 0 Å². The molecule has 4 rings (SSSR count). The molecule has 1 N–H and O–H groups in total. The Balaban J connectivity index is 1.26. The van der Waals surface area contributed by atoms with Crippen LogP contribution in [0.25, 0.3) is 0 Å². The van der Waals surface area contributed by atoms with E-state index in [-0.39, 0.29) is 0 Å². The predicted octanol–water partition coefficient (Wildman–Crippen LogP) is 3.14. The number of piperidine rings is 1. The molecule has 0 radical (unpaired) electrons. The second kappa shape index (κ2) is 8.07. The second-order valence-corrected chi connectivity index (χ2v) is 8.05. The molecule has 1 aromatic rings. The van der Waals surface area contributed by atoms with Crippen molar-refractivity contribution >= 4 is 5.69 Å². The molecular weight excluding hydrogens is 312 g/mol. The van der Waals surface area contributed by atoms with Crippen molar-refractivity contribution in [3.63, 3.8) is 0 Å². The molecule has 1 saturated carbocycles. The van der Waals surface area contributed by atoms with Gasteiger partial charge in [-0.15, -0.1) is 0 Å². The van der Waals surface area contributed by atoms with Crippen molar-refractivity contribution in [1.82, 2.24) is 5.32 Å². The topological polar surface area (TPSA) is 33.7 Å². The van der Waals surface area contributed by atoms with E-state index in [4.69, 9.17) is 9.47 Å². The Hall–Kier alpha value is -1.10. The van der Waals surface area contributed by atoms with Gasteiger partial charge in [-0.25, -0.2) is 0 Å². The molecule has 3 aliphatic rings. The van der Waals surface area contributed by atoms with Crippen LogP contribution in [0.1, 0.15) is 37.7 Å². The Morgan fingerprint density at radius 1 is 1.16 bits per heavy atom. The molecule has 2 aliphatic heterocycles. The molecule has 4 nitrogen and oxygen atoms in total. The van der Waals surface area contributed by atoms with E-state index in [2.05, 4.69) is 41.4 Å². The standard InChI is InChI=1S/C21H32N2O2/c1-16-3-2-4-19(13-16)23-10-7-18(8-11-23)22-20-15-24-12-9-21(20)25-14-17-5-6-17/h2-4,13,17-18,20-22H,5-12,14-15H2,1H3/t20-,21+/m1/s1. The maximum absolute atomic E-state index is 6.21. The van der Waals surface area contributed by atoms with Gasteiger partial charge in [-0.3, -0.25) is 0 Å². The molecular formula is C21H32N2O2. The Kier molecular flexibility index (Phi) is 5.59. The molecule has 1 aliphatic carbocycles. The lowest BCUT2D eigenvalue weighted by Crippen LogP contribution is -2.54. The van der Waals surface area contributed by atoms with Crippen molar-refractivity contribution < 1.29 is 9.47 Å². The zero-order chi connectivity index (χ0) is 17.1. The third kappa shape index (κ3) is 4.75. The number of nitrogens with one attached hydrogen (secondary N) is 1. The van der Waals surface area contributed by atoms with Crippen LogP contribution in [0.2, 0.25) is 0 Å². The fourth-order valence-corrected chi connectivity index (χ4v) is 4.05. The van der Waals surface area contributed by atoms with Crippen molar-refractivity contribution in [3.8, 4) is 0 Å². The minimum atomic E-state index is 0.337. The summed E-state index contributed by atoms with van der Waals surface area (Å²) in [6, 6.07) is 9.81. The van der Waals surface area contributed by atoms with Crippen LogP contribution in [0.5, 0.6) is 0 Å². The molecule has 2 atom stereocenters. The number of hydrogen-bond acceptors (Lipinski definition) is 4. The van der Waals surface area contributed by atoms with Gasteiger partial charge in [0.1, 0.15) is 0 Å². The van der Waals surface area contributed by atoms with Gasteiger partial charge in [0.2, 0.25) is 0 Å². The summed E-state index contributed by atoms with van der Waals surface area (Å²) in [7, 11) is 0. The SMILES string of the molecule is Cc1cccc(N2CCC(N[C@@H]3COCC[C@@H]3OCC3CC3)CC2)c1. The summed E-state index contributed by atoms with van der Waals surface area (Å²) in [4.78, 5) is 2.52. The van der Waals surface area contributed by atoms with E-state index in [9.17, 15) is 0 Å². The lowest BCUT2D eigenvalue weighted by atomic mass is 9.99. The molecule has 0 spiro atoms. The lowest BCUT2D eigenvalue weighted by Gasteiger charge is -2.39. The molecule has 1 aromatic carbocycles. The second-order valence-electron chi connectivity index (χ2n) is 8.05. The van der Waals surface area contributed by atoms with Crippen LogP contribution in [-0.4, -0.2) is 51.1 Å². The number of hydrogen-bond donors (Lipinski definition) is 1. The summed E-state index contributed by atoms with van der Waals surface area (Å²) in [5, 5.41) is 3.86. The highest BCUT2D eigenvalue weighted by molar-refractivity contribution is 5.48. The van der Waals surface area contributed by atoms with Crippen LogP contribution in [0.15, 0.2) is 24.3 Å². The maximum atomic E-state index is 6.21. The highest BCUT2D eigenvalue weighted by atomic mass is 16.5. The Morgan fingerprint density at radius 2 is 2.00 bits per heavy atom. The number of nitrogens with zero attached hydrogens (tertiary/aromatic N) is 1. The van der Waals surface area contributed by atoms with Crippen LogP contribution in [-0.2, 0) is 9.47 Å². The highest BCUT2D eigenvalue weighted by Gasteiger charge is 2.32. The van der Waals surface area contributed by atoms with Gasteiger partial charge in [0.15, 0.2) is 0 Å². The first-order chi connectivity index (χ1) is 12.3. The minimum Gasteiger partial charge on any atom is -0.380 e. The molecule has 4 heteroatoms. The number of anilines is 1. The first-order valence-corrected chi connectivity index (χ1v) is 10.0. The van der Waals surface area contributed by atoms with E-state index >= 15 is 0 Å². The van der Waals surface area contributed by atoms with Crippen molar-refractivity contribution in [2.75, 3.05) is 37.8 Å². The largest absolute Gasteiger partial charge is 0.380 e. The number of rotatable bonds is 6. The van der Waals surface area contributed by atoms with Crippen LogP contribution >= 0.6 is 0 Å². The van der Waals surface area contributed by atoms with Crippen LogP contribution in [0, 0.1) is 12.8 Å². The van der Waals surface area contributed by atoms with E-state index in [0.29, 0.717) is 18.2 Å². The van der Waals surface area contributed by atoms with Crippen molar-refractivity contribution in [2.24, 2.45) is 5.92 Å². The molecule has 3 fully saturated rings. The number of aryl methyl sites for hydroxylation is 1. The molecule has 25 heavy (non-hydrogen) atoms. The van der Waals surface area contributed by atoms with E-state index in [1.54, 1.807) is 0 Å². The van der Waals surface area contributed by atoms with Crippen LogP contribution < -0.4 is 10.2 Å². The molecule has 0 amide bonds. The normalized spacial score (nSPS) is 28.3. The average Bonchev–Trinajstić information content (AvgIpc) is 3.46.